The number of rotatable bonds is 3. The van der Waals surface area contributed by atoms with Gasteiger partial charge in [0.2, 0.25) is 10.0 Å². The van der Waals surface area contributed by atoms with E-state index < -0.39 is 10.0 Å². The Morgan fingerprint density at radius 3 is 2.53 bits per heavy atom. The van der Waals surface area contributed by atoms with Gasteiger partial charge in [0, 0.05) is 23.3 Å². The summed E-state index contributed by atoms with van der Waals surface area (Å²) in [6.45, 7) is 7.00. The molecule has 1 aliphatic heterocycles. The second kappa shape index (κ2) is 4.45. The molecule has 0 saturated heterocycles. The summed E-state index contributed by atoms with van der Waals surface area (Å²) in [5, 5.41) is 0. The maximum Gasteiger partial charge on any atom is 0.229 e. The number of likely N-dealkylation sites (N-methyl/N-ethyl adjacent to an activating group) is 1. The van der Waals surface area contributed by atoms with Crippen molar-refractivity contribution in [1.29, 1.82) is 0 Å². The lowest BCUT2D eigenvalue weighted by atomic mass is 9.86. The molecule has 19 heavy (non-hydrogen) atoms. The van der Waals surface area contributed by atoms with Crippen LogP contribution in [0.4, 0.5) is 11.4 Å². The third-order valence-electron chi connectivity index (χ3n) is 3.36. The average molecular weight is 298 g/mol. The van der Waals surface area contributed by atoms with Crippen molar-refractivity contribution in [2.75, 3.05) is 22.4 Å². The Hall–Kier alpha value is -1.14. The number of sulfonamides is 1. The largest absolute Gasteiger partial charge is 0.335 e. The van der Waals surface area contributed by atoms with E-state index >= 15 is 0 Å². The quantitative estimate of drug-likeness (QED) is 0.871. The van der Waals surface area contributed by atoms with Gasteiger partial charge in [-0.15, -0.1) is 0 Å². The molecule has 0 bridgehead atoms. The van der Waals surface area contributed by atoms with Crippen LogP contribution in [0.1, 0.15) is 26.3 Å². The zero-order chi connectivity index (χ0) is 14.4. The smallest absolute Gasteiger partial charge is 0.229 e. The number of nitrogens with one attached hydrogen (secondary N) is 1. The minimum Gasteiger partial charge on any atom is -0.335 e. The fourth-order valence-corrected chi connectivity index (χ4v) is 3.32. The number of anilines is 2. The third-order valence-corrected chi connectivity index (χ3v) is 4.70. The summed E-state index contributed by atoms with van der Waals surface area (Å²) in [6.07, 6.45) is 1.15. The highest BCUT2D eigenvalue weighted by molar-refractivity contribution is 7.92. The zero-order valence-electron chi connectivity index (χ0n) is 11.5. The zero-order valence-corrected chi connectivity index (χ0v) is 13.2. The van der Waals surface area contributed by atoms with Gasteiger partial charge in [-0.3, -0.25) is 4.72 Å². The predicted molar refractivity (Wildman–Crippen MR) is 83.6 cm³/mol. The summed E-state index contributed by atoms with van der Waals surface area (Å²) in [7, 11) is -3.26. The lowest BCUT2D eigenvalue weighted by Gasteiger charge is -2.22. The number of hydrogen-bond acceptors (Lipinski definition) is 3. The molecule has 0 radical (unpaired) electrons. The standard InChI is InChI=1S/C13H18N2O2S2/c1-5-15-11-7-6-9(14-19(4,16)17)8-10(11)13(2,3)12(15)18/h6-8,14H,5H2,1-4H3. The van der Waals surface area contributed by atoms with E-state index in [1.165, 1.54) is 0 Å². The molecule has 1 N–H and O–H groups in total. The molecular formula is C13H18N2O2S2. The minimum absolute atomic E-state index is 0.254. The van der Waals surface area contributed by atoms with Crippen molar-refractivity contribution in [3.05, 3.63) is 23.8 Å². The topological polar surface area (TPSA) is 49.4 Å². The first-order valence-corrected chi connectivity index (χ1v) is 8.41. The van der Waals surface area contributed by atoms with Crippen LogP contribution in [0.5, 0.6) is 0 Å². The van der Waals surface area contributed by atoms with Crippen LogP contribution in [0.15, 0.2) is 18.2 Å². The first kappa shape index (κ1) is 14.3. The van der Waals surface area contributed by atoms with Gasteiger partial charge < -0.3 is 4.90 Å². The molecule has 104 valence electrons. The fraction of sp³-hybridized carbons (Fsp3) is 0.462. The van der Waals surface area contributed by atoms with E-state index in [0.29, 0.717) is 5.69 Å². The summed E-state index contributed by atoms with van der Waals surface area (Å²) in [4.78, 5) is 2.97. The van der Waals surface area contributed by atoms with Gasteiger partial charge in [-0.25, -0.2) is 8.42 Å². The van der Waals surface area contributed by atoms with Crippen molar-refractivity contribution in [1.82, 2.24) is 0 Å². The molecule has 2 rings (SSSR count). The van der Waals surface area contributed by atoms with E-state index in [2.05, 4.69) is 30.4 Å². The van der Waals surface area contributed by atoms with Gasteiger partial charge in [0.05, 0.1) is 11.2 Å². The predicted octanol–water partition coefficient (Wildman–Crippen LogP) is 2.50. The summed E-state index contributed by atoms with van der Waals surface area (Å²) in [5.74, 6) is 0. The first-order valence-electron chi connectivity index (χ1n) is 6.11. The van der Waals surface area contributed by atoms with E-state index in [4.69, 9.17) is 12.2 Å². The molecule has 1 aliphatic rings. The van der Waals surface area contributed by atoms with Crippen molar-refractivity contribution in [2.24, 2.45) is 0 Å². The van der Waals surface area contributed by atoms with Crippen molar-refractivity contribution in [2.45, 2.75) is 26.2 Å². The van der Waals surface area contributed by atoms with Crippen LogP contribution in [0.2, 0.25) is 0 Å². The Labute approximate surface area is 119 Å². The monoisotopic (exact) mass is 298 g/mol. The summed E-state index contributed by atoms with van der Waals surface area (Å²) in [5.41, 5.74) is 2.45. The normalized spacial score (nSPS) is 17.5. The van der Waals surface area contributed by atoms with Crippen LogP contribution < -0.4 is 9.62 Å². The molecule has 1 heterocycles. The molecule has 0 fully saturated rings. The minimum atomic E-state index is -3.26. The van der Waals surface area contributed by atoms with Gasteiger partial charge in [0.1, 0.15) is 0 Å². The van der Waals surface area contributed by atoms with E-state index in [1.54, 1.807) is 6.07 Å². The maximum absolute atomic E-state index is 11.3. The highest BCUT2D eigenvalue weighted by Crippen LogP contribution is 2.43. The van der Waals surface area contributed by atoms with E-state index in [0.717, 1.165) is 29.0 Å². The Kier molecular flexibility index (Phi) is 3.35. The maximum atomic E-state index is 11.3. The summed E-state index contributed by atoms with van der Waals surface area (Å²) in [6, 6.07) is 5.57. The van der Waals surface area contributed by atoms with Crippen molar-refractivity contribution in [3.8, 4) is 0 Å². The molecule has 0 atom stereocenters. The Morgan fingerprint density at radius 2 is 2.00 bits per heavy atom. The van der Waals surface area contributed by atoms with Gasteiger partial charge in [-0.2, -0.15) is 0 Å². The van der Waals surface area contributed by atoms with Crippen molar-refractivity contribution in [3.63, 3.8) is 0 Å². The molecular weight excluding hydrogens is 280 g/mol. The van der Waals surface area contributed by atoms with Gasteiger partial charge in [0.15, 0.2) is 0 Å². The molecule has 0 amide bonds. The summed E-state index contributed by atoms with van der Waals surface area (Å²) >= 11 is 5.52. The SMILES string of the molecule is CCN1C(=S)C(C)(C)c2cc(NS(C)(=O)=O)ccc21. The Balaban J connectivity index is 2.52. The Bertz CT molecular complexity index is 636. The first-order chi connectivity index (χ1) is 8.66. The van der Waals surface area contributed by atoms with Gasteiger partial charge in [0.25, 0.3) is 0 Å². The van der Waals surface area contributed by atoms with E-state index in [9.17, 15) is 8.42 Å². The van der Waals surface area contributed by atoms with Crippen LogP contribution in [0, 0.1) is 0 Å². The molecule has 0 aliphatic carbocycles. The van der Waals surface area contributed by atoms with Crippen LogP contribution in [-0.2, 0) is 15.4 Å². The summed E-state index contributed by atoms with van der Waals surface area (Å²) < 4.78 is 25.1. The van der Waals surface area contributed by atoms with Crippen molar-refractivity contribution >= 4 is 38.6 Å². The van der Waals surface area contributed by atoms with Gasteiger partial charge in [-0.1, -0.05) is 12.2 Å². The van der Waals surface area contributed by atoms with Crippen LogP contribution >= 0.6 is 12.2 Å². The van der Waals surface area contributed by atoms with Crippen LogP contribution in [-0.4, -0.2) is 26.2 Å². The number of thiocarbonyl (C=S) groups is 1. The van der Waals surface area contributed by atoms with Crippen LogP contribution in [0.3, 0.4) is 0 Å². The van der Waals surface area contributed by atoms with E-state index in [1.807, 2.05) is 12.1 Å². The lowest BCUT2D eigenvalue weighted by Crippen LogP contribution is -2.34. The molecule has 0 unspecified atom stereocenters. The molecule has 0 saturated carbocycles. The number of nitrogens with zero attached hydrogens (tertiary/aromatic N) is 1. The highest BCUT2D eigenvalue weighted by atomic mass is 32.2. The molecule has 6 heteroatoms. The lowest BCUT2D eigenvalue weighted by molar-refractivity contribution is 0.607. The second-order valence-electron chi connectivity index (χ2n) is 5.28. The average Bonchev–Trinajstić information content (AvgIpc) is 2.46. The highest BCUT2D eigenvalue weighted by Gasteiger charge is 2.39. The Morgan fingerprint density at radius 1 is 1.37 bits per heavy atom. The van der Waals surface area contributed by atoms with Crippen LogP contribution in [0.25, 0.3) is 0 Å². The van der Waals surface area contributed by atoms with Gasteiger partial charge in [-0.05, 0) is 44.5 Å². The molecule has 1 aromatic carbocycles. The molecule has 0 spiro atoms. The number of hydrogen-bond donors (Lipinski definition) is 1. The fourth-order valence-electron chi connectivity index (χ4n) is 2.43. The third kappa shape index (κ3) is 2.47. The molecule has 0 aromatic heterocycles. The molecule has 4 nitrogen and oxygen atoms in total. The molecule has 1 aromatic rings. The second-order valence-corrected chi connectivity index (χ2v) is 7.42. The van der Waals surface area contributed by atoms with Gasteiger partial charge >= 0.3 is 0 Å². The number of fused-ring (bicyclic) bond motifs is 1. The van der Waals surface area contributed by atoms with Crippen molar-refractivity contribution < 1.29 is 8.42 Å². The van der Waals surface area contributed by atoms with E-state index in [-0.39, 0.29) is 5.41 Å². The number of benzene rings is 1.